The predicted molar refractivity (Wildman–Crippen MR) is 226 cm³/mol. The summed E-state index contributed by atoms with van der Waals surface area (Å²) < 4.78 is 101. The number of phenols is 1. The fourth-order valence-electron chi connectivity index (χ4n) is 8.23. The zero-order valence-electron chi connectivity index (χ0n) is 33.5. The lowest BCUT2D eigenvalue weighted by Crippen LogP contribution is -2.31. The van der Waals surface area contributed by atoms with Gasteiger partial charge >= 0.3 is 5.97 Å². The first-order valence-electron chi connectivity index (χ1n) is 19.8. The molecule has 0 fully saturated rings. The van der Waals surface area contributed by atoms with Crippen LogP contribution in [0.3, 0.4) is 0 Å². The lowest BCUT2D eigenvalue weighted by Gasteiger charge is -2.30. The summed E-state index contributed by atoms with van der Waals surface area (Å²) >= 11 is 0. The van der Waals surface area contributed by atoms with Gasteiger partial charge in [0.25, 0.3) is 30.4 Å². The highest BCUT2D eigenvalue weighted by atomic mass is 32.2. The Morgan fingerprint density at radius 2 is 1.41 bits per heavy atom. The predicted octanol–water partition coefficient (Wildman–Crippen LogP) is 6.30. The Hall–Kier alpha value is -3.91. The molecule has 2 aromatic carbocycles. The molecule has 2 aliphatic heterocycles. The van der Waals surface area contributed by atoms with Crippen molar-refractivity contribution in [2.24, 2.45) is 0 Å². The van der Waals surface area contributed by atoms with Crippen LogP contribution in [0, 0.1) is 0 Å². The van der Waals surface area contributed by atoms with Gasteiger partial charge in [-0.05, 0) is 107 Å². The van der Waals surface area contributed by atoms with Gasteiger partial charge in [0.05, 0.1) is 21.8 Å². The molecule has 2 atom stereocenters. The van der Waals surface area contributed by atoms with E-state index in [1.807, 2.05) is 48.3 Å². The van der Waals surface area contributed by atoms with E-state index in [0.29, 0.717) is 82.1 Å². The van der Waals surface area contributed by atoms with Crippen LogP contribution in [0.25, 0.3) is 0 Å². The number of benzene rings is 2. The zero-order valence-corrected chi connectivity index (χ0v) is 36.0. The number of phenolic OH excluding ortho intramolecular Hbond substituents is 1. The maximum absolute atomic E-state index is 12.3. The molecule has 0 aliphatic carbocycles. The van der Waals surface area contributed by atoms with Crippen molar-refractivity contribution in [2.75, 3.05) is 36.1 Å². The third-order valence-electron chi connectivity index (χ3n) is 11.2. The molecule has 2 heterocycles. The summed E-state index contributed by atoms with van der Waals surface area (Å²) in [5, 5.41) is 29.2. The number of hydrogen-bond acceptors (Lipinski definition) is 10. The van der Waals surface area contributed by atoms with E-state index in [0.717, 1.165) is 22.7 Å². The minimum Gasteiger partial charge on any atom is -0.508 e. The molecule has 0 saturated carbocycles. The van der Waals surface area contributed by atoms with Gasteiger partial charge in [0, 0.05) is 60.5 Å². The van der Waals surface area contributed by atoms with Gasteiger partial charge in [-0.15, -0.1) is 0 Å². The minimum absolute atomic E-state index is 0.0186. The number of carbonyl (C=O) groups is 1. The fraction of sp³-hybridized carbons (Fsp3) is 0.512. The SMILES string of the molecule is CC1(CCCCS(=O)(=O)O)C(=CC=CC=CC2=[N+](CCCCS(=O)(=O)O)c3ccc(O)cc3C2(C)CCCCO)N(CCCCCC(=O)O)c2ccc(S(=O)(=O)O)cc21. The quantitative estimate of drug-likeness (QED) is 0.0293. The van der Waals surface area contributed by atoms with Crippen LogP contribution < -0.4 is 4.90 Å². The van der Waals surface area contributed by atoms with E-state index in [1.165, 1.54) is 12.1 Å². The molecular formula is C41H57N2O13S3+. The molecule has 0 saturated heterocycles. The maximum atomic E-state index is 12.3. The van der Waals surface area contributed by atoms with E-state index >= 15 is 0 Å². The van der Waals surface area contributed by atoms with E-state index in [9.17, 15) is 53.9 Å². The van der Waals surface area contributed by atoms with Crippen molar-refractivity contribution in [3.8, 4) is 5.75 Å². The molecule has 0 amide bonds. The second-order valence-corrected chi connectivity index (χ2v) is 20.2. The molecule has 2 aliphatic rings. The number of rotatable bonds is 24. The number of anilines is 1. The number of fused-ring (bicyclic) bond motifs is 2. The molecule has 0 aromatic heterocycles. The smallest absolute Gasteiger partial charge is 0.303 e. The number of aliphatic carboxylic acids is 1. The summed E-state index contributed by atoms with van der Waals surface area (Å²) in [6.45, 7) is 4.87. The summed E-state index contributed by atoms with van der Waals surface area (Å²) in [5.41, 5.74) is 3.21. The van der Waals surface area contributed by atoms with Gasteiger partial charge in [-0.1, -0.05) is 31.1 Å². The number of nitrogens with zero attached hydrogens (tertiary/aromatic N) is 2. The van der Waals surface area contributed by atoms with Crippen LogP contribution in [0.2, 0.25) is 0 Å². The van der Waals surface area contributed by atoms with Crippen LogP contribution in [-0.2, 0) is 46.0 Å². The molecule has 18 heteroatoms. The summed E-state index contributed by atoms with van der Waals surface area (Å²) in [4.78, 5) is 12.9. The molecule has 15 nitrogen and oxygen atoms in total. The number of aromatic hydroxyl groups is 1. The van der Waals surface area contributed by atoms with Crippen LogP contribution in [0.15, 0.2) is 77.4 Å². The van der Waals surface area contributed by atoms with E-state index < -0.39 is 52.9 Å². The highest BCUT2D eigenvalue weighted by Crippen LogP contribution is 2.51. The molecule has 0 radical (unpaired) electrons. The van der Waals surface area contributed by atoms with E-state index in [-0.39, 0.29) is 42.3 Å². The highest BCUT2D eigenvalue weighted by molar-refractivity contribution is 7.86. The molecule has 2 unspecified atom stereocenters. The number of carboxylic acids is 1. The number of unbranched alkanes of at least 4 members (excludes halogenated alkanes) is 5. The first kappa shape index (κ1) is 47.8. The Morgan fingerprint density at radius 3 is 2.05 bits per heavy atom. The lowest BCUT2D eigenvalue weighted by atomic mass is 9.75. The number of hydrogen-bond donors (Lipinski definition) is 6. The van der Waals surface area contributed by atoms with Crippen LogP contribution in [0.5, 0.6) is 5.75 Å². The molecule has 4 rings (SSSR count). The van der Waals surface area contributed by atoms with Gasteiger partial charge in [-0.3, -0.25) is 18.5 Å². The number of carboxylic acid groups (broad SMARTS) is 1. The second kappa shape index (κ2) is 20.1. The van der Waals surface area contributed by atoms with Gasteiger partial charge in [0.2, 0.25) is 5.69 Å². The minimum atomic E-state index is -4.58. The number of allylic oxidation sites excluding steroid dienone is 6. The normalized spacial score (nSPS) is 20.4. The summed E-state index contributed by atoms with van der Waals surface area (Å²) in [7, 11) is -12.9. The summed E-state index contributed by atoms with van der Waals surface area (Å²) in [6.07, 6.45) is 14.5. The summed E-state index contributed by atoms with van der Waals surface area (Å²) in [6, 6.07) is 9.48. The van der Waals surface area contributed by atoms with Crippen molar-refractivity contribution in [3.63, 3.8) is 0 Å². The van der Waals surface area contributed by atoms with E-state index in [1.54, 1.807) is 18.2 Å². The lowest BCUT2D eigenvalue weighted by molar-refractivity contribution is -0.438. The third kappa shape index (κ3) is 12.8. The van der Waals surface area contributed by atoms with Gasteiger partial charge in [0.15, 0.2) is 5.71 Å². The van der Waals surface area contributed by atoms with Gasteiger partial charge in [0.1, 0.15) is 12.3 Å². The molecule has 59 heavy (non-hydrogen) atoms. The summed E-state index contributed by atoms with van der Waals surface area (Å²) in [5.74, 6) is -1.63. The molecule has 326 valence electrons. The Balaban J connectivity index is 1.77. The molecule has 2 aromatic rings. The molecular weight excluding hydrogens is 825 g/mol. The van der Waals surface area contributed by atoms with Crippen molar-refractivity contribution in [2.45, 2.75) is 107 Å². The topological polar surface area (TPSA) is 247 Å². The van der Waals surface area contributed by atoms with Gasteiger partial charge in [-0.2, -0.15) is 29.8 Å². The van der Waals surface area contributed by atoms with Gasteiger partial charge < -0.3 is 20.2 Å². The molecule has 0 bridgehead atoms. The zero-order chi connectivity index (χ0) is 43.6. The average Bonchev–Trinajstić information content (AvgIpc) is 3.50. The van der Waals surface area contributed by atoms with Crippen molar-refractivity contribution < 1.29 is 63.6 Å². The maximum Gasteiger partial charge on any atom is 0.303 e. The van der Waals surface area contributed by atoms with Crippen LogP contribution in [-0.4, -0.2) is 102 Å². The number of aliphatic hydroxyl groups is 1. The number of aliphatic hydroxyl groups excluding tert-OH is 1. The van der Waals surface area contributed by atoms with Gasteiger partial charge in [-0.25, -0.2) is 0 Å². The Labute approximate surface area is 347 Å². The molecule has 0 spiro atoms. The first-order valence-corrected chi connectivity index (χ1v) is 24.4. The second-order valence-electron chi connectivity index (χ2n) is 15.6. The van der Waals surface area contributed by atoms with Crippen LogP contribution in [0.1, 0.15) is 102 Å². The Bertz CT molecular complexity index is 2300. The van der Waals surface area contributed by atoms with Crippen molar-refractivity contribution >= 4 is 53.4 Å². The Kier molecular flexibility index (Phi) is 16.3. The van der Waals surface area contributed by atoms with Crippen LogP contribution in [0.4, 0.5) is 11.4 Å². The Morgan fingerprint density at radius 1 is 0.746 bits per heavy atom. The van der Waals surface area contributed by atoms with E-state index in [2.05, 4.69) is 11.5 Å². The fourth-order valence-corrected chi connectivity index (χ4v) is 9.87. The monoisotopic (exact) mass is 881 g/mol. The molecule has 6 N–H and O–H groups in total. The largest absolute Gasteiger partial charge is 0.508 e. The van der Waals surface area contributed by atoms with E-state index in [4.69, 9.17) is 5.11 Å². The van der Waals surface area contributed by atoms with Crippen molar-refractivity contribution in [1.29, 1.82) is 0 Å². The van der Waals surface area contributed by atoms with Crippen LogP contribution >= 0.6 is 0 Å². The third-order valence-corrected chi connectivity index (χ3v) is 13.6. The highest BCUT2D eigenvalue weighted by Gasteiger charge is 2.47. The average molecular weight is 882 g/mol. The standard InChI is InChI=1S/C41H56N2O13S3/c1-40(22-8-12-26-44)33-29-31(45)18-20-35(33)43(25-11-14-28-58(51,52)53)37(40)15-5-3-6-16-38-41(2,23-9-13-27-57(48,49)50)34-30-32(59(54,55)56)19-21-36(34)42(38)24-10-4-7-17-39(46)47/h3,5-6,15-16,18-21,29-30,44H,4,7-14,17,22-28H2,1-2H3,(H4-,45,46,47,48,49,50,51,52,53,54,55,56)/p+1. The first-order chi connectivity index (χ1) is 27.6. The van der Waals surface area contributed by atoms with Crippen molar-refractivity contribution in [3.05, 3.63) is 83.6 Å². The van der Waals surface area contributed by atoms with Crippen molar-refractivity contribution in [1.82, 2.24) is 0 Å².